The molecule has 5 nitrogen and oxygen atoms in total. The molecule has 0 bridgehead atoms. The standard InChI is InChI=1S/C16H16N4OS/c1-3-12-8-9-15(22-12)14(21)10-20-18-16(17-19-20)13-7-5-4-6-11(13)2/h4-9H,3,10H2,1-2H3. The minimum Gasteiger partial charge on any atom is -0.291 e. The number of ketones is 1. The number of carbonyl (C=O) groups excluding carboxylic acids is 1. The monoisotopic (exact) mass is 312 g/mol. The van der Waals surface area contributed by atoms with Crippen LogP contribution < -0.4 is 0 Å². The number of carbonyl (C=O) groups is 1. The first kappa shape index (κ1) is 14.6. The molecule has 0 spiro atoms. The second-order valence-corrected chi connectivity index (χ2v) is 6.17. The molecule has 2 aromatic heterocycles. The van der Waals surface area contributed by atoms with Crippen LogP contribution in [-0.4, -0.2) is 26.0 Å². The van der Waals surface area contributed by atoms with E-state index in [0.29, 0.717) is 5.82 Å². The highest BCUT2D eigenvalue weighted by molar-refractivity contribution is 7.14. The van der Waals surface area contributed by atoms with E-state index in [1.165, 1.54) is 21.0 Å². The third-order valence-corrected chi connectivity index (χ3v) is 4.68. The first-order valence-electron chi connectivity index (χ1n) is 7.13. The summed E-state index contributed by atoms with van der Waals surface area (Å²) in [5, 5.41) is 12.3. The van der Waals surface area contributed by atoms with Gasteiger partial charge in [0.15, 0.2) is 5.78 Å². The highest BCUT2D eigenvalue weighted by atomic mass is 32.1. The lowest BCUT2D eigenvalue weighted by molar-refractivity contribution is 0.0965. The van der Waals surface area contributed by atoms with Crippen molar-refractivity contribution in [3.8, 4) is 11.4 Å². The van der Waals surface area contributed by atoms with E-state index in [2.05, 4.69) is 22.3 Å². The lowest BCUT2D eigenvalue weighted by Gasteiger charge is -1.99. The van der Waals surface area contributed by atoms with Gasteiger partial charge in [0.25, 0.3) is 0 Å². The second kappa shape index (κ2) is 6.19. The third kappa shape index (κ3) is 2.96. The minimum absolute atomic E-state index is 0.0124. The number of aryl methyl sites for hydroxylation is 2. The zero-order valence-corrected chi connectivity index (χ0v) is 13.3. The van der Waals surface area contributed by atoms with E-state index in [4.69, 9.17) is 0 Å². The van der Waals surface area contributed by atoms with Crippen molar-refractivity contribution in [1.82, 2.24) is 20.2 Å². The van der Waals surface area contributed by atoms with Gasteiger partial charge in [-0.1, -0.05) is 31.2 Å². The molecule has 2 heterocycles. The number of benzene rings is 1. The SMILES string of the molecule is CCc1ccc(C(=O)Cn2nnc(-c3ccccc3C)n2)s1. The highest BCUT2D eigenvalue weighted by Gasteiger charge is 2.13. The summed E-state index contributed by atoms with van der Waals surface area (Å²) in [7, 11) is 0. The molecule has 0 aliphatic heterocycles. The van der Waals surface area contributed by atoms with Gasteiger partial charge >= 0.3 is 0 Å². The fourth-order valence-electron chi connectivity index (χ4n) is 2.17. The number of rotatable bonds is 5. The Kier molecular flexibility index (Phi) is 4.11. The molecular formula is C16H16N4OS. The maximum atomic E-state index is 12.2. The molecule has 0 amide bonds. The van der Waals surface area contributed by atoms with Crippen LogP contribution in [0.3, 0.4) is 0 Å². The van der Waals surface area contributed by atoms with Gasteiger partial charge in [0.05, 0.1) is 4.88 Å². The van der Waals surface area contributed by atoms with Gasteiger partial charge in [-0.2, -0.15) is 4.80 Å². The van der Waals surface area contributed by atoms with Crippen LogP contribution >= 0.6 is 11.3 Å². The van der Waals surface area contributed by atoms with Crippen molar-refractivity contribution in [2.45, 2.75) is 26.8 Å². The molecule has 0 N–H and O–H groups in total. The zero-order valence-electron chi connectivity index (χ0n) is 12.5. The van der Waals surface area contributed by atoms with E-state index in [1.807, 2.05) is 43.3 Å². The fraction of sp³-hybridized carbons (Fsp3) is 0.250. The number of hydrogen-bond donors (Lipinski definition) is 0. The molecule has 6 heteroatoms. The van der Waals surface area contributed by atoms with E-state index in [9.17, 15) is 4.79 Å². The number of nitrogens with zero attached hydrogens (tertiary/aromatic N) is 4. The Labute approximate surface area is 132 Å². The molecule has 0 unspecified atom stereocenters. The molecule has 0 saturated carbocycles. The van der Waals surface area contributed by atoms with Gasteiger partial charge in [-0.15, -0.1) is 21.5 Å². The van der Waals surface area contributed by atoms with Crippen molar-refractivity contribution >= 4 is 17.1 Å². The molecule has 0 aliphatic carbocycles. The molecule has 1 aromatic carbocycles. The Hall–Kier alpha value is -2.34. The van der Waals surface area contributed by atoms with Crippen molar-refractivity contribution in [1.29, 1.82) is 0 Å². The van der Waals surface area contributed by atoms with E-state index in [-0.39, 0.29) is 12.3 Å². The third-order valence-electron chi connectivity index (χ3n) is 3.41. The maximum absolute atomic E-state index is 12.2. The van der Waals surface area contributed by atoms with Gasteiger partial charge in [-0.3, -0.25) is 4.79 Å². The number of hydrogen-bond acceptors (Lipinski definition) is 5. The van der Waals surface area contributed by atoms with Gasteiger partial charge in [0, 0.05) is 10.4 Å². The summed E-state index contributed by atoms with van der Waals surface area (Å²) < 4.78 is 0. The Morgan fingerprint density at radius 3 is 2.77 bits per heavy atom. The molecule has 0 radical (unpaired) electrons. The van der Waals surface area contributed by atoms with Crippen LogP contribution in [0.15, 0.2) is 36.4 Å². The van der Waals surface area contributed by atoms with Crippen LogP contribution in [0.5, 0.6) is 0 Å². The summed E-state index contributed by atoms with van der Waals surface area (Å²) >= 11 is 1.53. The molecule has 0 saturated heterocycles. The van der Waals surface area contributed by atoms with Gasteiger partial charge in [-0.05, 0) is 36.3 Å². The predicted octanol–water partition coefficient (Wildman–Crippen LogP) is 3.16. The first-order valence-corrected chi connectivity index (χ1v) is 7.94. The summed E-state index contributed by atoms with van der Waals surface area (Å²) in [4.78, 5) is 15.5. The lowest BCUT2D eigenvalue weighted by atomic mass is 10.1. The topological polar surface area (TPSA) is 60.7 Å². The molecule has 0 aliphatic rings. The van der Waals surface area contributed by atoms with Crippen LogP contribution in [0, 0.1) is 6.92 Å². The summed E-state index contributed by atoms with van der Waals surface area (Å²) in [6.07, 6.45) is 0.941. The van der Waals surface area contributed by atoms with Gasteiger partial charge in [0.1, 0.15) is 6.54 Å². The first-order chi connectivity index (χ1) is 10.7. The molecule has 22 heavy (non-hydrogen) atoms. The molecule has 3 aromatic rings. The van der Waals surface area contributed by atoms with Crippen LogP contribution in [0.4, 0.5) is 0 Å². The molecule has 3 rings (SSSR count). The summed E-state index contributed by atoms with van der Waals surface area (Å²) in [6, 6.07) is 11.7. The zero-order chi connectivity index (χ0) is 15.5. The molecule has 0 atom stereocenters. The van der Waals surface area contributed by atoms with Crippen molar-refractivity contribution in [3.05, 3.63) is 51.7 Å². The van der Waals surface area contributed by atoms with Gasteiger partial charge < -0.3 is 0 Å². The van der Waals surface area contributed by atoms with Crippen molar-refractivity contribution in [3.63, 3.8) is 0 Å². The summed E-state index contributed by atoms with van der Waals surface area (Å²) in [5.41, 5.74) is 2.02. The Balaban J connectivity index is 1.77. The molecule has 112 valence electrons. The van der Waals surface area contributed by atoms with E-state index in [0.717, 1.165) is 22.4 Å². The number of aromatic nitrogens is 4. The van der Waals surface area contributed by atoms with Crippen molar-refractivity contribution < 1.29 is 4.79 Å². The average molecular weight is 312 g/mol. The van der Waals surface area contributed by atoms with Crippen LogP contribution in [0.25, 0.3) is 11.4 Å². The normalized spacial score (nSPS) is 10.8. The Morgan fingerprint density at radius 1 is 1.23 bits per heavy atom. The number of Topliss-reactive ketones (excluding diaryl/α,β-unsaturated/α-hetero) is 1. The lowest BCUT2D eigenvalue weighted by Crippen LogP contribution is -2.12. The van der Waals surface area contributed by atoms with Gasteiger partial charge in [0.2, 0.25) is 5.82 Å². The van der Waals surface area contributed by atoms with Crippen molar-refractivity contribution in [2.75, 3.05) is 0 Å². The number of tetrazole rings is 1. The van der Waals surface area contributed by atoms with Crippen LogP contribution in [0.1, 0.15) is 27.0 Å². The quantitative estimate of drug-likeness (QED) is 0.679. The van der Waals surface area contributed by atoms with Crippen LogP contribution in [0.2, 0.25) is 0 Å². The molecular weight excluding hydrogens is 296 g/mol. The van der Waals surface area contributed by atoms with Gasteiger partial charge in [-0.25, -0.2) is 0 Å². The van der Waals surface area contributed by atoms with E-state index >= 15 is 0 Å². The maximum Gasteiger partial charge on any atom is 0.205 e. The molecule has 0 fully saturated rings. The summed E-state index contributed by atoms with van der Waals surface area (Å²) in [6.45, 7) is 4.19. The van der Waals surface area contributed by atoms with Crippen molar-refractivity contribution in [2.24, 2.45) is 0 Å². The predicted molar refractivity (Wildman–Crippen MR) is 86.0 cm³/mol. The fourth-order valence-corrected chi connectivity index (χ4v) is 3.04. The largest absolute Gasteiger partial charge is 0.291 e. The van der Waals surface area contributed by atoms with E-state index < -0.39 is 0 Å². The smallest absolute Gasteiger partial charge is 0.205 e. The summed E-state index contributed by atoms with van der Waals surface area (Å²) in [5.74, 6) is 0.560. The average Bonchev–Trinajstić information content (AvgIpc) is 3.16. The Bertz CT molecular complexity index is 806. The van der Waals surface area contributed by atoms with Crippen LogP contribution in [-0.2, 0) is 13.0 Å². The highest BCUT2D eigenvalue weighted by Crippen LogP contribution is 2.19. The number of thiophene rings is 1. The minimum atomic E-state index is 0.0124. The Morgan fingerprint density at radius 2 is 2.05 bits per heavy atom. The second-order valence-electron chi connectivity index (χ2n) is 5.00. The van der Waals surface area contributed by atoms with E-state index in [1.54, 1.807) is 0 Å².